The first-order valence-corrected chi connectivity index (χ1v) is 9.90. The predicted octanol–water partition coefficient (Wildman–Crippen LogP) is 2.59. The number of aromatic nitrogens is 1. The molecule has 0 radical (unpaired) electrons. The molecule has 2 heterocycles. The summed E-state index contributed by atoms with van der Waals surface area (Å²) in [5.41, 5.74) is 1.05. The molecule has 3 amide bonds. The molecule has 2 fully saturated rings. The summed E-state index contributed by atoms with van der Waals surface area (Å²) < 4.78 is 1.21. The molecule has 0 bridgehead atoms. The summed E-state index contributed by atoms with van der Waals surface area (Å²) in [7, 11) is 0. The predicted molar refractivity (Wildman–Crippen MR) is 98.7 cm³/mol. The molecule has 7 heteroatoms. The van der Waals surface area contributed by atoms with E-state index in [-0.39, 0.29) is 23.8 Å². The molecule has 1 aromatic heterocycles. The van der Waals surface area contributed by atoms with Gasteiger partial charge in [0.1, 0.15) is 0 Å². The number of amides is 3. The molecule has 2 aliphatic rings. The Morgan fingerprint density at radius 2 is 1.92 bits per heavy atom. The number of benzene rings is 1. The van der Waals surface area contributed by atoms with Gasteiger partial charge in [0, 0.05) is 37.8 Å². The van der Waals surface area contributed by atoms with Gasteiger partial charge in [-0.25, -0.2) is 4.98 Å². The molecule has 1 saturated heterocycles. The van der Waals surface area contributed by atoms with Crippen molar-refractivity contribution in [2.45, 2.75) is 50.5 Å². The van der Waals surface area contributed by atoms with E-state index in [0.717, 1.165) is 23.4 Å². The van der Waals surface area contributed by atoms with Crippen molar-refractivity contribution < 1.29 is 14.4 Å². The van der Waals surface area contributed by atoms with Crippen LogP contribution in [0.15, 0.2) is 24.3 Å². The van der Waals surface area contributed by atoms with Gasteiger partial charge < -0.3 is 5.32 Å². The quantitative estimate of drug-likeness (QED) is 0.792. The van der Waals surface area contributed by atoms with Gasteiger partial charge in [-0.15, -0.1) is 11.3 Å². The average molecular weight is 371 g/mol. The van der Waals surface area contributed by atoms with E-state index < -0.39 is 0 Å². The van der Waals surface area contributed by atoms with Crippen molar-refractivity contribution in [3.05, 3.63) is 29.3 Å². The SMILES string of the molecule is O=C(CCCN1C(=O)CCC1=O)N[C@H]1C[C@H](c2nc3ccccc3s2)C1. The lowest BCUT2D eigenvalue weighted by atomic mass is 9.80. The first kappa shape index (κ1) is 17.1. The minimum Gasteiger partial charge on any atom is -0.353 e. The summed E-state index contributed by atoms with van der Waals surface area (Å²) >= 11 is 1.74. The third kappa shape index (κ3) is 3.49. The van der Waals surface area contributed by atoms with Gasteiger partial charge in [0.25, 0.3) is 0 Å². The van der Waals surface area contributed by atoms with Crippen molar-refractivity contribution in [3.8, 4) is 0 Å². The van der Waals surface area contributed by atoms with E-state index in [1.165, 1.54) is 9.60 Å². The van der Waals surface area contributed by atoms with E-state index in [1.54, 1.807) is 11.3 Å². The fraction of sp³-hybridized carbons (Fsp3) is 0.474. The number of thiazole rings is 1. The lowest BCUT2D eigenvalue weighted by molar-refractivity contribution is -0.138. The van der Waals surface area contributed by atoms with Gasteiger partial charge in [0.2, 0.25) is 17.7 Å². The van der Waals surface area contributed by atoms with Crippen LogP contribution in [-0.2, 0) is 14.4 Å². The highest BCUT2D eigenvalue weighted by molar-refractivity contribution is 7.18. The van der Waals surface area contributed by atoms with Crippen LogP contribution in [0.3, 0.4) is 0 Å². The van der Waals surface area contributed by atoms with Crippen molar-refractivity contribution in [2.75, 3.05) is 6.54 Å². The molecule has 1 saturated carbocycles. The zero-order valence-corrected chi connectivity index (χ0v) is 15.3. The Hall–Kier alpha value is -2.28. The van der Waals surface area contributed by atoms with Crippen LogP contribution in [0.25, 0.3) is 10.2 Å². The molecule has 26 heavy (non-hydrogen) atoms. The van der Waals surface area contributed by atoms with Crippen molar-refractivity contribution >= 4 is 39.3 Å². The second kappa shape index (κ2) is 7.15. The minimum atomic E-state index is -0.118. The van der Waals surface area contributed by atoms with Crippen LogP contribution < -0.4 is 5.32 Å². The zero-order chi connectivity index (χ0) is 18.1. The lowest BCUT2D eigenvalue weighted by Gasteiger charge is -2.34. The Kier molecular flexibility index (Phi) is 4.72. The van der Waals surface area contributed by atoms with Crippen molar-refractivity contribution in [3.63, 3.8) is 0 Å². The largest absolute Gasteiger partial charge is 0.353 e. The number of nitrogens with one attached hydrogen (secondary N) is 1. The molecule has 136 valence electrons. The zero-order valence-electron chi connectivity index (χ0n) is 14.4. The Morgan fingerprint density at radius 1 is 1.19 bits per heavy atom. The molecule has 1 aliphatic carbocycles. The van der Waals surface area contributed by atoms with Crippen molar-refractivity contribution in [1.82, 2.24) is 15.2 Å². The average Bonchev–Trinajstić information content (AvgIpc) is 3.15. The molecule has 4 rings (SSSR count). The molecule has 2 aromatic rings. The van der Waals surface area contributed by atoms with Gasteiger partial charge in [0.05, 0.1) is 15.2 Å². The number of hydrogen-bond acceptors (Lipinski definition) is 5. The van der Waals surface area contributed by atoms with E-state index in [0.29, 0.717) is 38.1 Å². The van der Waals surface area contributed by atoms with E-state index >= 15 is 0 Å². The third-order valence-electron chi connectivity index (χ3n) is 5.10. The highest BCUT2D eigenvalue weighted by atomic mass is 32.1. The Bertz CT molecular complexity index is 808. The van der Waals surface area contributed by atoms with E-state index in [9.17, 15) is 14.4 Å². The standard InChI is InChI=1S/C19H21N3O3S/c23-16(6-3-9-22-17(24)7-8-18(22)25)20-13-10-12(11-13)19-21-14-4-1-2-5-15(14)26-19/h1-2,4-5,12-13H,3,6-11H2,(H,20,23)/t12-,13-. The van der Waals surface area contributed by atoms with E-state index in [4.69, 9.17) is 4.98 Å². The fourth-order valence-corrected chi connectivity index (χ4v) is 4.67. The lowest BCUT2D eigenvalue weighted by Crippen LogP contribution is -2.43. The summed E-state index contributed by atoms with van der Waals surface area (Å²) in [5.74, 6) is 0.190. The smallest absolute Gasteiger partial charge is 0.229 e. The van der Waals surface area contributed by atoms with Crippen LogP contribution in [0.2, 0.25) is 0 Å². The van der Waals surface area contributed by atoms with Gasteiger partial charge in [-0.1, -0.05) is 12.1 Å². The maximum Gasteiger partial charge on any atom is 0.229 e. The van der Waals surface area contributed by atoms with Crippen molar-refractivity contribution in [1.29, 1.82) is 0 Å². The molecule has 0 atom stereocenters. The van der Waals surface area contributed by atoms with Gasteiger partial charge >= 0.3 is 0 Å². The van der Waals surface area contributed by atoms with Gasteiger partial charge in [-0.2, -0.15) is 0 Å². The van der Waals surface area contributed by atoms with Crippen LogP contribution >= 0.6 is 11.3 Å². The van der Waals surface area contributed by atoms with Crippen LogP contribution in [-0.4, -0.2) is 40.2 Å². The number of rotatable bonds is 6. The number of nitrogens with zero attached hydrogens (tertiary/aromatic N) is 2. The van der Waals surface area contributed by atoms with Crippen LogP contribution in [0.1, 0.15) is 49.5 Å². The number of para-hydroxylation sites is 1. The Morgan fingerprint density at radius 3 is 2.65 bits per heavy atom. The number of fused-ring (bicyclic) bond motifs is 1. The topological polar surface area (TPSA) is 79.4 Å². The molecular formula is C19H21N3O3S. The summed E-state index contributed by atoms with van der Waals surface area (Å²) in [6, 6.07) is 8.35. The number of carbonyl (C=O) groups excluding carboxylic acids is 3. The van der Waals surface area contributed by atoms with Crippen LogP contribution in [0.4, 0.5) is 0 Å². The molecular weight excluding hydrogens is 350 g/mol. The second-order valence-corrected chi connectivity index (χ2v) is 8.06. The van der Waals surface area contributed by atoms with Crippen LogP contribution in [0, 0.1) is 0 Å². The van der Waals surface area contributed by atoms with E-state index in [1.807, 2.05) is 18.2 Å². The van der Waals surface area contributed by atoms with Crippen LogP contribution in [0.5, 0.6) is 0 Å². The highest BCUT2D eigenvalue weighted by Crippen LogP contribution is 2.40. The third-order valence-corrected chi connectivity index (χ3v) is 6.30. The second-order valence-electron chi connectivity index (χ2n) is 7.00. The summed E-state index contributed by atoms with van der Waals surface area (Å²) in [4.78, 5) is 41.1. The summed E-state index contributed by atoms with van der Waals surface area (Å²) in [6.45, 7) is 0.351. The minimum absolute atomic E-state index is 0.00292. The molecule has 1 aromatic carbocycles. The number of likely N-dealkylation sites (tertiary alicyclic amines) is 1. The van der Waals surface area contributed by atoms with E-state index in [2.05, 4.69) is 11.4 Å². The Labute approximate surface area is 155 Å². The first-order valence-electron chi connectivity index (χ1n) is 9.08. The Balaban J connectivity index is 1.19. The summed E-state index contributed by atoms with van der Waals surface area (Å²) in [6.07, 6.45) is 3.33. The van der Waals surface area contributed by atoms with Crippen molar-refractivity contribution in [2.24, 2.45) is 0 Å². The maximum absolute atomic E-state index is 12.1. The van der Waals surface area contributed by atoms with Gasteiger partial charge in [-0.05, 0) is 31.4 Å². The van der Waals surface area contributed by atoms with Gasteiger partial charge in [0.15, 0.2) is 0 Å². The van der Waals surface area contributed by atoms with Gasteiger partial charge in [-0.3, -0.25) is 19.3 Å². The summed E-state index contributed by atoms with van der Waals surface area (Å²) in [5, 5.41) is 4.20. The normalized spacial score (nSPS) is 22.7. The molecule has 0 unspecified atom stereocenters. The number of imide groups is 1. The monoisotopic (exact) mass is 371 g/mol. The molecule has 1 N–H and O–H groups in total. The number of hydrogen-bond donors (Lipinski definition) is 1. The number of carbonyl (C=O) groups is 3. The maximum atomic E-state index is 12.1. The highest BCUT2D eigenvalue weighted by Gasteiger charge is 2.33. The molecule has 6 nitrogen and oxygen atoms in total. The first-order chi connectivity index (χ1) is 12.6. The fourth-order valence-electron chi connectivity index (χ4n) is 3.57. The molecule has 1 aliphatic heterocycles. The molecule has 0 spiro atoms.